The lowest BCUT2D eigenvalue weighted by Crippen LogP contribution is -2.16. The van der Waals surface area contributed by atoms with Crippen molar-refractivity contribution in [2.75, 3.05) is 0 Å². The maximum absolute atomic E-state index is 9.98. The number of phenolic OH excluding ortho intramolecular Hbond substituents is 1. The first-order valence-electron chi connectivity index (χ1n) is 9.68. The van der Waals surface area contributed by atoms with Crippen molar-refractivity contribution >= 4 is 0 Å². The predicted molar refractivity (Wildman–Crippen MR) is 105 cm³/mol. The third-order valence-corrected chi connectivity index (χ3v) is 4.64. The summed E-state index contributed by atoms with van der Waals surface area (Å²) in [4.78, 5) is 0. The highest BCUT2D eigenvalue weighted by atomic mass is 16.5. The molecule has 136 valence electrons. The van der Waals surface area contributed by atoms with Crippen molar-refractivity contribution in [2.45, 2.75) is 71.0 Å². The summed E-state index contributed by atoms with van der Waals surface area (Å²) in [5, 5.41) is 9.98. The van der Waals surface area contributed by atoms with Crippen LogP contribution in [0.15, 0.2) is 54.6 Å². The molecule has 0 radical (unpaired) electrons. The lowest BCUT2D eigenvalue weighted by atomic mass is 10.0. The monoisotopic (exact) mass is 340 g/mol. The number of benzene rings is 2. The van der Waals surface area contributed by atoms with E-state index < -0.39 is 0 Å². The summed E-state index contributed by atoms with van der Waals surface area (Å²) in [6.07, 6.45) is 8.35. The van der Waals surface area contributed by atoms with E-state index in [1.165, 1.54) is 37.7 Å². The van der Waals surface area contributed by atoms with Crippen molar-refractivity contribution in [1.82, 2.24) is 0 Å². The normalized spacial score (nSPS) is 13.5. The average Bonchev–Trinajstić information content (AvgIpc) is 2.63. The van der Waals surface area contributed by atoms with Gasteiger partial charge in [0, 0.05) is 6.42 Å². The second kappa shape index (κ2) is 10.9. The summed E-state index contributed by atoms with van der Waals surface area (Å²) in [5.74, 6) is 0.355. The highest BCUT2D eigenvalue weighted by molar-refractivity contribution is 5.32. The molecule has 0 spiro atoms. The highest BCUT2D eigenvalue weighted by Crippen LogP contribution is 2.27. The number of ether oxygens (including phenoxy) is 1. The topological polar surface area (TPSA) is 29.5 Å². The molecule has 0 aromatic heterocycles. The number of aromatic hydroxyl groups is 1. The van der Waals surface area contributed by atoms with Crippen LogP contribution >= 0.6 is 0 Å². The van der Waals surface area contributed by atoms with Crippen LogP contribution in [0.2, 0.25) is 0 Å². The van der Waals surface area contributed by atoms with Crippen LogP contribution in [-0.4, -0.2) is 11.2 Å². The Labute approximate surface area is 152 Å². The molecule has 0 aliphatic carbocycles. The molecule has 0 bridgehead atoms. The van der Waals surface area contributed by atoms with E-state index in [4.69, 9.17) is 4.74 Å². The van der Waals surface area contributed by atoms with E-state index >= 15 is 0 Å². The molecule has 0 heterocycles. The van der Waals surface area contributed by atoms with Gasteiger partial charge in [0.15, 0.2) is 0 Å². The van der Waals surface area contributed by atoms with Gasteiger partial charge in [-0.1, -0.05) is 87.6 Å². The summed E-state index contributed by atoms with van der Waals surface area (Å²) in [6.45, 7) is 4.34. The molecule has 2 atom stereocenters. The Hall–Kier alpha value is -1.80. The van der Waals surface area contributed by atoms with E-state index in [-0.39, 0.29) is 12.2 Å². The van der Waals surface area contributed by atoms with Gasteiger partial charge >= 0.3 is 0 Å². The van der Waals surface area contributed by atoms with Gasteiger partial charge in [-0.15, -0.1) is 0 Å². The lowest BCUT2D eigenvalue weighted by molar-refractivity contribution is -0.00920. The maximum Gasteiger partial charge on any atom is 0.118 e. The summed E-state index contributed by atoms with van der Waals surface area (Å²) in [6, 6.07) is 18.0. The van der Waals surface area contributed by atoms with E-state index in [9.17, 15) is 5.11 Å². The molecule has 0 saturated carbocycles. The Bertz CT molecular complexity index is 594. The lowest BCUT2D eigenvalue weighted by Gasteiger charge is -2.23. The van der Waals surface area contributed by atoms with Crippen molar-refractivity contribution < 1.29 is 9.84 Å². The third-order valence-electron chi connectivity index (χ3n) is 4.64. The quantitative estimate of drug-likeness (QED) is 0.477. The molecule has 0 aliphatic rings. The minimum absolute atomic E-state index is 0.0640. The smallest absolute Gasteiger partial charge is 0.118 e. The number of rotatable bonds is 11. The molecule has 2 nitrogen and oxygen atoms in total. The molecule has 2 aromatic rings. The van der Waals surface area contributed by atoms with Gasteiger partial charge in [0.1, 0.15) is 5.75 Å². The van der Waals surface area contributed by atoms with Gasteiger partial charge in [-0.2, -0.15) is 0 Å². The van der Waals surface area contributed by atoms with Gasteiger partial charge < -0.3 is 9.84 Å². The van der Waals surface area contributed by atoms with Crippen LogP contribution in [0.25, 0.3) is 0 Å². The molecule has 2 heteroatoms. The first-order chi connectivity index (χ1) is 12.2. The zero-order valence-corrected chi connectivity index (χ0v) is 15.7. The van der Waals surface area contributed by atoms with Crippen molar-refractivity contribution in [3.05, 3.63) is 65.7 Å². The molecule has 2 aromatic carbocycles. The second-order valence-corrected chi connectivity index (χ2v) is 6.88. The van der Waals surface area contributed by atoms with E-state index in [1.54, 1.807) is 6.07 Å². The summed E-state index contributed by atoms with van der Waals surface area (Å²) >= 11 is 0. The summed E-state index contributed by atoms with van der Waals surface area (Å²) < 4.78 is 6.39. The van der Waals surface area contributed by atoms with Gasteiger partial charge in [-0.05, 0) is 30.5 Å². The van der Waals surface area contributed by atoms with E-state index in [1.807, 2.05) is 24.3 Å². The minimum atomic E-state index is 0.0640. The fourth-order valence-electron chi connectivity index (χ4n) is 3.24. The molecule has 25 heavy (non-hydrogen) atoms. The van der Waals surface area contributed by atoms with E-state index in [2.05, 4.69) is 38.1 Å². The first kappa shape index (κ1) is 19.5. The molecule has 2 rings (SSSR count). The molecule has 0 aliphatic heterocycles. The van der Waals surface area contributed by atoms with Crippen LogP contribution in [-0.2, 0) is 11.2 Å². The number of hydrogen-bond acceptors (Lipinski definition) is 2. The standard InChI is InChI=1S/C23H32O2/c1-3-4-5-6-10-17-23(20-13-8-7-9-14-20)25-19(2)18-21-15-11-12-16-22(21)24/h7-9,11-16,19,23-24H,3-6,10,17-18H2,1-2H3. The molecule has 0 amide bonds. The van der Waals surface area contributed by atoms with E-state index in [0.717, 1.165) is 18.4 Å². The van der Waals surface area contributed by atoms with Gasteiger partial charge in [0.2, 0.25) is 0 Å². The number of para-hydroxylation sites is 1. The Morgan fingerprint density at radius 3 is 2.28 bits per heavy atom. The Kier molecular flexibility index (Phi) is 8.54. The van der Waals surface area contributed by atoms with Crippen LogP contribution in [0.5, 0.6) is 5.75 Å². The zero-order chi connectivity index (χ0) is 17.9. The average molecular weight is 341 g/mol. The van der Waals surface area contributed by atoms with Crippen molar-refractivity contribution in [1.29, 1.82) is 0 Å². The molecule has 1 N–H and O–H groups in total. The van der Waals surface area contributed by atoms with Crippen LogP contribution in [0.4, 0.5) is 0 Å². The number of phenols is 1. The molecule has 0 saturated heterocycles. The van der Waals surface area contributed by atoms with Crippen molar-refractivity contribution in [3.63, 3.8) is 0 Å². The maximum atomic E-state index is 9.98. The zero-order valence-electron chi connectivity index (χ0n) is 15.7. The van der Waals surface area contributed by atoms with E-state index in [0.29, 0.717) is 5.75 Å². The Balaban J connectivity index is 1.94. The van der Waals surface area contributed by atoms with Crippen LogP contribution in [0.1, 0.15) is 69.6 Å². The molecule has 0 fully saturated rings. The molecular formula is C23H32O2. The third kappa shape index (κ3) is 6.91. The highest BCUT2D eigenvalue weighted by Gasteiger charge is 2.16. The fourth-order valence-corrected chi connectivity index (χ4v) is 3.24. The molecular weight excluding hydrogens is 308 g/mol. The Morgan fingerprint density at radius 1 is 0.880 bits per heavy atom. The van der Waals surface area contributed by atoms with Crippen molar-refractivity contribution in [2.24, 2.45) is 0 Å². The number of unbranched alkanes of at least 4 members (excludes halogenated alkanes) is 4. The summed E-state index contributed by atoms with van der Waals surface area (Å²) in [5.41, 5.74) is 2.20. The first-order valence-corrected chi connectivity index (χ1v) is 9.68. The Morgan fingerprint density at radius 2 is 1.56 bits per heavy atom. The van der Waals surface area contributed by atoms with Crippen molar-refractivity contribution in [3.8, 4) is 5.75 Å². The van der Waals surface area contributed by atoms with Gasteiger partial charge in [-0.3, -0.25) is 0 Å². The number of hydrogen-bond donors (Lipinski definition) is 1. The van der Waals surface area contributed by atoms with Gasteiger partial charge in [-0.25, -0.2) is 0 Å². The minimum Gasteiger partial charge on any atom is -0.508 e. The SMILES string of the molecule is CCCCCCCC(OC(C)Cc1ccccc1O)c1ccccc1. The van der Waals surface area contributed by atoms with Gasteiger partial charge in [0.25, 0.3) is 0 Å². The van der Waals surface area contributed by atoms with Crippen LogP contribution in [0.3, 0.4) is 0 Å². The fraction of sp³-hybridized carbons (Fsp3) is 0.478. The van der Waals surface area contributed by atoms with Gasteiger partial charge in [0.05, 0.1) is 12.2 Å². The summed E-state index contributed by atoms with van der Waals surface area (Å²) in [7, 11) is 0. The molecule has 2 unspecified atom stereocenters. The predicted octanol–water partition coefficient (Wildman–Crippen LogP) is 6.44. The largest absolute Gasteiger partial charge is 0.508 e. The van der Waals surface area contributed by atoms with Crippen LogP contribution in [0, 0.1) is 0 Å². The van der Waals surface area contributed by atoms with Crippen LogP contribution < -0.4 is 0 Å². The second-order valence-electron chi connectivity index (χ2n) is 6.88.